The Hall–Kier alpha value is -3.54. The van der Waals surface area contributed by atoms with Gasteiger partial charge in [0.1, 0.15) is 5.78 Å². The molecule has 1 aliphatic heterocycles. The van der Waals surface area contributed by atoms with Crippen LogP contribution in [0.1, 0.15) is 59.2 Å². The zero-order chi connectivity index (χ0) is 26.4. The van der Waals surface area contributed by atoms with E-state index in [2.05, 4.69) is 101 Å². The molecule has 3 aliphatic rings. The maximum Gasteiger partial charge on any atom is 0.147 e. The Morgan fingerprint density at radius 2 is 1.92 bits per heavy atom. The third kappa shape index (κ3) is 4.34. The fraction of sp³-hybridized carbons (Fsp3) is 0.353. The zero-order valence-corrected chi connectivity index (χ0v) is 22.5. The molecule has 2 aliphatic carbocycles. The molecule has 1 spiro atoms. The van der Waals surface area contributed by atoms with Crippen LogP contribution in [0.15, 0.2) is 66.7 Å². The molecule has 39 heavy (non-hydrogen) atoms. The van der Waals surface area contributed by atoms with Gasteiger partial charge in [0, 0.05) is 36.9 Å². The standard InChI is InChI=1S/C34H35N3O2/c1-2-25-19-26-8-3-4-9-29(26)34(33(25)38)21-30(34)27-11-12-28-31(35-36-32(28)20-27)13-10-23-6-5-7-24(18-23)22-37-14-16-39-17-15-37/h3-13,18,20,25,30H,2,14-17,19,21-22H2,1H3,(H,35,36)/b13-10+/t25?,30?,34-/m0/s1. The van der Waals surface area contributed by atoms with Gasteiger partial charge in [0.05, 0.1) is 29.8 Å². The molecular formula is C34H35N3O2. The average molecular weight is 518 g/mol. The van der Waals surface area contributed by atoms with Gasteiger partial charge in [0.25, 0.3) is 0 Å². The van der Waals surface area contributed by atoms with Crippen LogP contribution in [-0.2, 0) is 27.9 Å². The van der Waals surface area contributed by atoms with E-state index in [0.717, 1.165) is 68.7 Å². The molecule has 1 aromatic heterocycles. The van der Waals surface area contributed by atoms with Gasteiger partial charge in [-0.3, -0.25) is 14.8 Å². The van der Waals surface area contributed by atoms with E-state index in [9.17, 15) is 4.79 Å². The Morgan fingerprint density at radius 3 is 2.79 bits per heavy atom. The Balaban J connectivity index is 1.12. The Morgan fingerprint density at radius 1 is 1.05 bits per heavy atom. The number of nitrogens with zero attached hydrogens (tertiary/aromatic N) is 2. The number of Topliss-reactive ketones (excluding diaryl/α,β-unsaturated/α-hetero) is 1. The maximum atomic E-state index is 13.7. The number of morpholine rings is 1. The summed E-state index contributed by atoms with van der Waals surface area (Å²) in [5.74, 6) is 0.809. The van der Waals surface area contributed by atoms with E-state index in [4.69, 9.17) is 4.74 Å². The van der Waals surface area contributed by atoms with Crippen LogP contribution in [-0.4, -0.2) is 47.2 Å². The predicted octanol–water partition coefficient (Wildman–Crippen LogP) is 6.14. The first-order valence-electron chi connectivity index (χ1n) is 14.3. The molecule has 3 aromatic carbocycles. The van der Waals surface area contributed by atoms with Crippen molar-refractivity contribution >= 4 is 28.8 Å². The van der Waals surface area contributed by atoms with Crippen molar-refractivity contribution in [1.29, 1.82) is 0 Å². The minimum atomic E-state index is -0.349. The Bertz CT molecular complexity index is 1560. The molecule has 5 nitrogen and oxygen atoms in total. The SMILES string of the molecule is CCC1Cc2ccccc2[C@]2(CC2c2ccc3c(/C=C/c4cccc(CN5CCOCC5)c4)n[nH]c3c2)C1=O. The molecule has 2 heterocycles. The lowest BCUT2D eigenvalue weighted by Crippen LogP contribution is -2.36. The Labute approximate surface area is 229 Å². The number of fused-ring (bicyclic) bond motifs is 3. The number of rotatable bonds is 6. The molecule has 2 fully saturated rings. The molecule has 1 saturated carbocycles. The van der Waals surface area contributed by atoms with Crippen LogP contribution in [0.25, 0.3) is 23.1 Å². The minimum absolute atomic E-state index is 0.130. The van der Waals surface area contributed by atoms with Crippen LogP contribution in [0.5, 0.6) is 0 Å². The summed E-state index contributed by atoms with van der Waals surface area (Å²) in [6, 6.07) is 23.9. The Kier molecular flexibility index (Phi) is 6.21. The van der Waals surface area contributed by atoms with Crippen molar-refractivity contribution in [2.45, 2.75) is 44.1 Å². The van der Waals surface area contributed by atoms with Crippen LogP contribution >= 0.6 is 0 Å². The van der Waals surface area contributed by atoms with Crippen LogP contribution in [0.4, 0.5) is 0 Å². The van der Waals surface area contributed by atoms with Crippen molar-refractivity contribution in [3.05, 3.63) is 100 Å². The van der Waals surface area contributed by atoms with E-state index in [0.29, 0.717) is 5.78 Å². The quantitative estimate of drug-likeness (QED) is 0.334. The number of carbonyl (C=O) groups excluding carboxylic acids is 1. The van der Waals surface area contributed by atoms with Gasteiger partial charge in [-0.2, -0.15) is 5.10 Å². The highest BCUT2D eigenvalue weighted by atomic mass is 16.5. The van der Waals surface area contributed by atoms with Crippen molar-refractivity contribution < 1.29 is 9.53 Å². The number of aromatic amines is 1. The van der Waals surface area contributed by atoms with Crippen LogP contribution in [0.3, 0.4) is 0 Å². The van der Waals surface area contributed by atoms with E-state index < -0.39 is 0 Å². The lowest BCUT2D eigenvalue weighted by molar-refractivity contribution is -0.126. The van der Waals surface area contributed by atoms with Crippen molar-refractivity contribution in [3.63, 3.8) is 0 Å². The van der Waals surface area contributed by atoms with E-state index in [1.807, 2.05) is 0 Å². The number of H-pyrrole nitrogens is 1. The van der Waals surface area contributed by atoms with Crippen molar-refractivity contribution in [1.82, 2.24) is 15.1 Å². The van der Waals surface area contributed by atoms with Gasteiger partial charge in [-0.25, -0.2) is 0 Å². The van der Waals surface area contributed by atoms with Gasteiger partial charge in [0.2, 0.25) is 0 Å². The summed E-state index contributed by atoms with van der Waals surface area (Å²) in [7, 11) is 0. The summed E-state index contributed by atoms with van der Waals surface area (Å²) in [6.45, 7) is 6.71. The van der Waals surface area contributed by atoms with Gasteiger partial charge < -0.3 is 4.74 Å². The predicted molar refractivity (Wildman–Crippen MR) is 156 cm³/mol. The maximum absolute atomic E-state index is 13.7. The first kappa shape index (κ1) is 24.5. The second kappa shape index (κ2) is 9.89. The van der Waals surface area contributed by atoms with Crippen molar-refractivity contribution in [3.8, 4) is 0 Å². The second-order valence-electron chi connectivity index (χ2n) is 11.4. The van der Waals surface area contributed by atoms with E-state index >= 15 is 0 Å². The summed E-state index contributed by atoms with van der Waals surface area (Å²) >= 11 is 0. The molecule has 4 aromatic rings. The molecule has 3 atom stereocenters. The molecule has 5 heteroatoms. The smallest absolute Gasteiger partial charge is 0.147 e. The number of aromatic nitrogens is 2. The van der Waals surface area contributed by atoms with Gasteiger partial charge in [0.15, 0.2) is 0 Å². The largest absolute Gasteiger partial charge is 0.379 e. The average Bonchev–Trinajstić information content (AvgIpc) is 3.59. The van der Waals surface area contributed by atoms with Gasteiger partial charge in [-0.05, 0) is 59.2 Å². The fourth-order valence-corrected chi connectivity index (χ4v) is 6.94. The summed E-state index contributed by atoms with van der Waals surface area (Å²) in [4.78, 5) is 16.1. The third-order valence-corrected chi connectivity index (χ3v) is 9.14. The molecular weight excluding hydrogens is 482 g/mol. The lowest BCUT2D eigenvalue weighted by atomic mass is 9.71. The number of ketones is 1. The van der Waals surface area contributed by atoms with Crippen molar-refractivity contribution in [2.75, 3.05) is 26.3 Å². The van der Waals surface area contributed by atoms with Crippen LogP contribution < -0.4 is 0 Å². The van der Waals surface area contributed by atoms with E-state index in [1.165, 1.54) is 27.8 Å². The molecule has 0 bridgehead atoms. The normalized spacial score (nSPS) is 25.0. The molecule has 1 N–H and O–H groups in total. The fourth-order valence-electron chi connectivity index (χ4n) is 6.94. The zero-order valence-electron chi connectivity index (χ0n) is 22.5. The molecule has 2 unspecified atom stereocenters. The summed E-state index contributed by atoms with van der Waals surface area (Å²) in [5.41, 5.74) is 7.95. The number of nitrogens with one attached hydrogen (secondary N) is 1. The topological polar surface area (TPSA) is 58.2 Å². The number of benzene rings is 3. The summed E-state index contributed by atoms with van der Waals surface area (Å²) < 4.78 is 5.48. The van der Waals surface area contributed by atoms with Crippen molar-refractivity contribution in [2.24, 2.45) is 5.92 Å². The summed E-state index contributed by atoms with van der Waals surface area (Å²) in [5, 5.41) is 8.98. The molecule has 1 saturated heterocycles. The number of carbonyl (C=O) groups is 1. The highest BCUT2D eigenvalue weighted by Crippen LogP contribution is 2.64. The molecule has 0 radical (unpaired) electrons. The molecule has 0 amide bonds. The highest BCUT2D eigenvalue weighted by molar-refractivity contribution is 5.99. The second-order valence-corrected chi connectivity index (χ2v) is 11.4. The van der Waals surface area contributed by atoms with Crippen LogP contribution in [0, 0.1) is 5.92 Å². The van der Waals surface area contributed by atoms with Gasteiger partial charge in [-0.15, -0.1) is 0 Å². The lowest BCUT2D eigenvalue weighted by Gasteiger charge is -2.31. The minimum Gasteiger partial charge on any atom is -0.379 e. The first-order chi connectivity index (χ1) is 19.2. The number of hydrogen-bond donors (Lipinski definition) is 1. The number of ether oxygens (including phenoxy) is 1. The first-order valence-corrected chi connectivity index (χ1v) is 14.3. The highest BCUT2D eigenvalue weighted by Gasteiger charge is 2.64. The monoisotopic (exact) mass is 517 g/mol. The molecule has 7 rings (SSSR count). The number of hydrogen-bond acceptors (Lipinski definition) is 4. The van der Waals surface area contributed by atoms with E-state index in [1.54, 1.807) is 0 Å². The molecule has 198 valence electrons. The van der Waals surface area contributed by atoms with Crippen LogP contribution in [0.2, 0.25) is 0 Å². The van der Waals surface area contributed by atoms with Gasteiger partial charge >= 0.3 is 0 Å². The summed E-state index contributed by atoms with van der Waals surface area (Å²) in [6.07, 6.45) is 6.94. The van der Waals surface area contributed by atoms with E-state index in [-0.39, 0.29) is 17.3 Å². The third-order valence-electron chi connectivity index (χ3n) is 9.14. The van der Waals surface area contributed by atoms with Gasteiger partial charge in [-0.1, -0.05) is 73.7 Å².